The van der Waals surface area contributed by atoms with Gasteiger partial charge < -0.3 is 4.90 Å². The van der Waals surface area contributed by atoms with E-state index in [1.54, 1.807) is 4.90 Å². The highest BCUT2D eigenvalue weighted by molar-refractivity contribution is 5.83. The lowest BCUT2D eigenvalue weighted by Gasteiger charge is -2.29. The molecule has 152 valence electrons. The van der Waals surface area contributed by atoms with Gasteiger partial charge in [-0.3, -0.25) is 4.79 Å². The zero-order chi connectivity index (χ0) is 20.7. The van der Waals surface area contributed by atoms with Crippen LogP contribution < -0.4 is 0 Å². The van der Waals surface area contributed by atoms with Gasteiger partial charge in [-0.2, -0.15) is 4.48 Å². The van der Waals surface area contributed by atoms with Crippen LogP contribution in [-0.2, 0) is 27.5 Å². The van der Waals surface area contributed by atoms with Crippen LogP contribution in [0, 0.1) is 0 Å². The monoisotopic (exact) mass is 393 g/mol. The Morgan fingerprint density at radius 2 is 1.52 bits per heavy atom. The summed E-state index contributed by atoms with van der Waals surface area (Å²) in [6.07, 6.45) is 2.73. The Balaban J connectivity index is 1.69. The zero-order valence-corrected chi connectivity index (χ0v) is 17.0. The number of amides is 3. The number of hydrogen-bond donors (Lipinski definition) is 0. The third-order valence-electron chi connectivity index (χ3n) is 5.93. The van der Waals surface area contributed by atoms with Crippen molar-refractivity contribution in [3.05, 3.63) is 71.8 Å². The summed E-state index contributed by atoms with van der Waals surface area (Å²) in [5, 5.41) is 0. The summed E-state index contributed by atoms with van der Waals surface area (Å²) in [6.45, 7) is 3.48. The van der Waals surface area contributed by atoms with E-state index in [0.717, 1.165) is 30.4 Å². The van der Waals surface area contributed by atoms with Crippen LogP contribution in [0.3, 0.4) is 0 Å². The largest absolute Gasteiger partial charge is 0.334 e. The topological polar surface area (TPSA) is 54.5 Å². The number of rotatable bonds is 8. The molecule has 2 aromatic carbocycles. The smallest absolute Gasteiger partial charge is 0.321 e. The molecule has 3 amide bonds. The molecule has 1 fully saturated rings. The van der Waals surface area contributed by atoms with Crippen molar-refractivity contribution in [1.29, 1.82) is 0 Å². The fourth-order valence-corrected chi connectivity index (χ4v) is 4.10. The molecule has 0 aliphatic carbocycles. The number of likely N-dealkylation sites (tertiary alicyclic amines) is 1. The molecule has 2 aromatic rings. The second-order valence-electron chi connectivity index (χ2n) is 7.87. The van der Waals surface area contributed by atoms with Gasteiger partial charge in [0.15, 0.2) is 0 Å². The highest BCUT2D eigenvalue weighted by atomic mass is 16.2. The van der Waals surface area contributed by atoms with E-state index in [9.17, 15) is 14.4 Å². The lowest BCUT2D eigenvalue weighted by atomic mass is 10.1. The Labute approximate surface area is 172 Å². The van der Waals surface area contributed by atoms with Crippen LogP contribution in [0.15, 0.2) is 60.7 Å². The second-order valence-corrected chi connectivity index (χ2v) is 7.87. The standard InChI is InChI=1S/C24H29N2O3/c1-20-9-8-16-26(20,19-27)24(29)15-14-23(28)25(17-21-10-4-2-5-11-21)18-22-12-6-3-7-13-22/h2-7,10-13,19-20H,8-9,14-18H2,1H3/q+1/t20-,26?/m1/s1. The molecule has 1 unspecified atom stereocenters. The molecule has 5 nitrogen and oxygen atoms in total. The Morgan fingerprint density at radius 1 is 0.966 bits per heavy atom. The molecule has 1 saturated heterocycles. The average molecular weight is 394 g/mol. The first-order valence-corrected chi connectivity index (χ1v) is 10.3. The van der Waals surface area contributed by atoms with Gasteiger partial charge in [0.1, 0.15) is 6.04 Å². The summed E-state index contributed by atoms with van der Waals surface area (Å²) < 4.78 is -0.134. The van der Waals surface area contributed by atoms with Crippen molar-refractivity contribution >= 4 is 18.2 Å². The van der Waals surface area contributed by atoms with E-state index in [0.29, 0.717) is 19.6 Å². The number of benzene rings is 2. The maximum Gasteiger partial charge on any atom is 0.321 e. The van der Waals surface area contributed by atoms with Crippen LogP contribution in [0.2, 0.25) is 0 Å². The summed E-state index contributed by atoms with van der Waals surface area (Å²) in [6, 6.07) is 19.7. The molecule has 29 heavy (non-hydrogen) atoms. The maximum absolute atomic E-state index is 13.0. The fraction of sp³-hybridized carbons (Fsp3) is 0.375. The van der Waals surface area contributed by atoms with E-state index in [2.05, 4.69) is 0 Å². The van der Waals surface area contributed by atoms with E-state index >= 15 is 0 Å². The number of quaternary nitrogens is 1. The molecule has 0 aromatic heterocycles. The van der Waals surface area contributed by atoms with Crippen molar-refractivity contribution in [2.24, 2.45) is 0 Å². The molecule has 0 N–H and O–H groups in total. The normalized spacial score (nSPS) is 20.9. The van der Waals surface area contributed by atoms with Gasteiger partial charge in [0.2, 0.25) is 5.91 Å². The summed E-state index contributed by atoms with van der Waals surface area (Å²) in [4.78, 5) is 39.3. The van der Waals surface area contributed by atoms with Crippen molar-refractivity contribution in [3.8, 4) is 0 Å². The molecule has 0 bridgehead atoms. The zero-order valence-electron chi connectivity index (χ0n) is 17.0. The van der Waals surface area contributed by atoms with Gasteiger partial charge in [-0.15, -0.1) is 0 Å². The minimum absolute atomic E-state index is 0.000146. The third-order valence-corrected chi connectivity index (χ3v) is 5.93. The SMILES string of the molecule is C[C@@H]1CCC[N+]1(C=O)C(=O)CCC(=O)N(Cc1ccccc1)Cc1ccccc1. The van der Waals surface area contributed by atoms with Gasteiger partial charge in [-0.25, -0.2) is 9.59 Å². The van der Waals surface area contributed by atoms with Gasteiger partial charge in [-0.05, 0) is 18.1 Å². The van der Waals surface area contributed by atoms with Gasteiger partial charge in [0.05, 0.1) is 13.0 Å². The Kier molecular flexibility index (Phi) is 6.94. The Bertz CT molecular complexity index is 796. The first kappa shape index (κ1) is 20.9. The number of hydrogen-bond acceptors (Lipinski definition) is 3. The summed E-state index contributed by atoms with van der Waals surface area (Å²) in [7, 11) is 0. The first-order chi connectivity index (χ1) is 14.0. The average Bonchev–Trinajstić information content (AvgIpc) is 3.14. The summed E-state index contributed by atoms with van der Waals surface area (Å²) in [5.74, 6) is -0.209. The van der Waals surface area contributed by atoms with Gasteiger partial charge in [-0.1, -0.05) is 60.7 Å². The van der Waals surface area contributed by atoms with E-state index in [4.69, 9.17) is 0 Å². The van der Waals surface area contributed by atoms with Gasteiger partial charge in [0, 0.05) is 32.4 Å². The molecule has 5 heteroatoms. The maximum atomic E-state index is 13.0. The van der Waals surface area contributed by atoms with Crippen LogP contribution in [0.4, 0.5) is 0 Å². The highest BCUT2D eigenvalue weighted by Crippen LogP contribution is 2.26. The van der Waals surface area contributed by atoms with Crippen LogP contribution in [-0.4, -0.2) is 40.2 Å². The van der Waals surface area contributed by atoms with Crippen molar-refractivity contribution in [2.45, 2.75) is 51.7 Å². The number of nitrogens with zero attached hydrogens (tertiary/aromatic N) is 2. The minimum Gasteiger partial charge on any atom is -0.334 e. The van der Waals surface area contributed by atoms with E-state index in [1.165, 1.54) is 0 Å². The van der Waals surface area contributed by atoms with Crippen LogP contribution in [0.5, 0.6) is 0 Å². The fourth-order valence-electron chi connectivity index (χ4n) is 4.10. The molecule has 1 aliphatic heterocycles. The molecule has 0 saturated carbocycles. The molecule has 3 rings (SSSR count). The molecular weight excluding hydrogens is 364 g/mol. The highest BCUT2D eigenvalue weighted by Gasteiger charge is 2.45. The Hall–Kier alpha value is -2.79. The van der Waals surface area contributed by atoms with Crippen molar-refractivity contribution in [3.63, 3.8) is 0 Å². The molecule has 0 spiro atoms. The molecule has 1 aliphatic rings. The predicted octanol–water partition coefficient (Wildman–Crippen LogP) is 3.68. The van der Waals surface area contributed by atoms with Crippen LogP contribution in [0.25, 0.3) is 0 Å². The van der Waals surface area contributed by atoms with E-state index in [-0.39, 0.29) is 35.2 Å². The van der Waals surface area contributed by atoms with Crippen LogP contribution >= 0.6 is 0 Å². The quantitative estimate of drug-likeness (QED) is 0.508. The summed E-state index contributed by atoms with van der Waals surface area (Å²) in [5.41, 5.74) is 2.10. The minimum atomic E-state index is -0.141. The summed E-state index contributed by atoms with van der Waals surface area (Å²) >= 11 is 0. The lowest BCUT2D eigenvalue weighted by molar-refractivity contribution is -0.780. The molecular formula is C24H29N2O3+. The third kappa shape index (κ3) is 4.98. The number of carbonyl (C=O) groups is 3. The second kappa shape index (κ2) is 9.61. The van der Waals surface area contributed by atoms with Gasteiger partial charge in [0.25, 0.3) is 0 Å². The van der Waals surface area contributed by atoms with Crippen LogP contribution in [0.1, 0.15) is 43.7 Å². The van der Waals surface area contributed by atoms with Crippen molar-refractivity contribution in [1.82, 2.24) is 4.90 Å². The van der Waals surface area contributed by atoms with E-state index < -0.39 is 0 Å². The molecule has 2 atom stereocenters. The van der Waals surface area contributed by atoms with Crippen molar-refractivity contribution < 1.29 is 18.9 Å². The lowest BCUT2D eigenvalue weighted by Crippen LogP contribution is -2.54. The molecule has 0 radical (unpaired) electrons. The Morgan fingerprint density at radius 3 is 1.97 bits per heavy atom. The predicted molar refractivity (Wildman–Crippen MR) is 111 cm³/mol. The number of carbonyl (C=O) groups excluding carboxylic acids is 3. The van der Waals surface area contributed by atoms with Gasteiger partial charge >= 0.3 is 12.3 Å². The first-order valence-electron chi connectivity index (χ1n) is 10.3. The van der Waals surface area contributed by atoms with Crippen molar-refractivity contribution in [2.75, 3.05) is 6.54 Å². The molecule has 1 heterocycles. The number of imide groups is 1. The van der Waals surface area contributed by atoms with E-state index in [1.807, 2.05) is 67.6 Å².